The average Bonchev–Trinajstić information content (AvgIpc) is 2.68. The number of nitrogens with zero attached hydrogens (tertiary/aromatic N) is 1. The number of methoxy groups -OCH3 is 1. The highest BCUT2D eigenvalue weighted by Gasteiger charge is 2.13. The van der Waals surface area contributed by atoms with E-state index >= 15 is 0 Å². The molecule has 26 heavy (non-hydrogen) atoms. The third kappa shape index (κ3) is 9.05. The van der Waals surface area contributed by atoms with Crippen molar-refractivity contribution in [1.29, 1.82) is 0 Å². The Labute approximate surface area is 174 Å². The second-order valence-electron chi connectivity index (χ2n) is 6.18. The Hall–Kier alpha value is -1.06. The summed E-state index contributed by atoms with van der Waals surface area (Å²) in [6.07, 6.45) is 3.22. The van der Waals surface area contributed by atoms with E-state index in [2.05, 4.69) is 15.6 Å². The van der Waals surface area contributed by atoms with Crippen molar-refractivity contribution < 1.29 is 14.2 Å². The number of nitrogens with one attached hydrogen (secondary N) is 2. The van der Waals surface area contributed by atoms with Gasteiger partial charge in [-0.05, 0) is 42.9 Å². The Morgan fingerprint density at radius 3 is 2.58 bits per heavy atom. The van der Waals surface area contributed by atoms with E-state index in [1.165, 1.54) is 5.56 Å². The van der Waals surface area contributed by atoms with Gasteiger partial charge in [0.25, 0.3) is 0 Å². The van der Waals surface area contributed by atoms with Crippen molar-refractivity contribution in [2.24, 2.45) is 10.9 Å². The van der Waals surface area contributed by atoms with Crippen LogP contribution in [0.5, 0.6) is 5.75 Å². The number of ether oxygens (including phenoxy) is 3. The van der Waals surface area contributed by atoms with E-state index in [1.54, 1.807) is 14.2 Å². The lowest BCUT2D eigenvalue weighted by Crippen LogP contribution is -2.37. The quantitative estimate of drug-likeness (QED) is 0.248. The zero-order valence-electron chi connectivity index (χ0n) is 15.8. The Bertz CT molecular complexity index is 505. The highest BCUT2D eigenvalue weighted by molar-refractivity contribution is 14.0. The molecule has 0 amide bonds. The van der Waals surface area contributed by atoms with Crippen LogP contribution in [-0.2, 0) is 16.0 Å². The van der Waals surface area contributed by atoms with Crippen LogP contribution < -0.4 is 15.4 Å². The van der Waals surface area contributed by atoms with Gasteiger partial charge < -0.3 is 24.8 Å². The van der Waals surface area contributed by atoms with Gasteiger partial charge in [-0.25, -0.2) is 0 Å². The predicted octanol–water partition coefficient (Wildman–Crippen LogP) is 2.81. The van der Waals surface area contributed by atoms with Crippen molar-refractivity contribution in [2.45, 2.75) is 25.8 Å². The maximum Gasteiger partial charge on any atom is 0.191 e. The van der Waals surface area contributed by atoms with Gasteiger partial charge in [0, 0.05) is 46.6 Å². The fraction of sp³-hybridized carbons (Fsp3) is 0.632. The summed E-state index contributed by atoms with van der Waals surface area (Å²) >= 11 is 0. The second kappa shape index (κ2) is 14.1. The van der Waals surface area contributed by atoms with Gasteiger partial charge in [0.15, 0.2) is 5.96 Å². The third-order valence-corrected chi connectivity index (χ3v) is 4.29. The summed E-state index contributed by atoms with van der Waals surface area (Å²) in [5.74, 6) is 2.34. The van der Waals surface area contributed by atoms with Gasteiger partial charge in [-0.15, -0.1) is 24.0 Å². The largest absolute Gasteiger partial charge is 0.497 e. The number of hydrogen-bond acceptors (Lipinski definition) is 4. The fourth-order valence-corrected chi connectivity index (χ4v) is 2.69. The van der Waals surface area contributed by atoms with E-state index in [9.17, 15) is 0 Å². The molecule has 0 saturated carbocycles. The van der Waals surface area contributed by atoms with Crippen molar-refractivity contribution in [2.75, 3.05) is 47.1 Å². The van der Waals surface area contributed by atoms with Gasteiger partial charge in [-0.1, -0.05) is 12.1 Å². The highest BCUT2D eigenvalue weighted by Crippen LogP contribution is 2.14. The maximum atomic E-state index is 5.77. The molecule has 0 spiro atoms. The molecular formula is C19H32IN3O3. The lowest BCUT2D eigenvalue weighted by atomic mass is 10.0. The summed E-state index contributed by atoms with van der Waals surface area (Å²) < 4.78 is 16.3. The standard InChI is InChI=1S/C19H31N3O3.HI/c1-20-19(22-14-16-4-6-18(23-2)7-5-16)21-10-3-11-25-15-17-8-12-24-13-9-17;/h4-7,17H,3,8-15H2,1-2H3,(H2,20,21,22);1H. The number of aliphatic imine (C=N–C) groups is 1. The normalized spacial score (nSPS) is 15.2. The monoisotopic (exact) mass is 477 g/mol. The van der Waals surface area contributed by atoms with Crippen LogP contribution in [0.3, 0.4) is 0 Å². The molecule has 1 fully saturated rings. The fourth-order valence-electron chi connectivity index (χ4n) is 2.69. The van der Waals surface area contributed by atoms with E-state index < -0.39 is 0 Å². The van der Waals surface area contributed by atoms with Crippen molar-refractivity contribution >= 4 is 29.9 Å². The molecule has 1 aliphatic heterocycles. The van der Waals surface area contributed by atoms with Crippen LogP contribution in [0.1, 0.15) is 24.8 Å². The molecule has 1 heterocycles. The summed E-state index contributed by atoms with van der Waals surface area (Å²) in [5, 5.41) is 6.62. The van der Waals surface area contributed by atoms with Crippen LogP contribution >= 0.6 is 24.0 Å². The molecule has 0 aromatic heterocycles. The molecule has 7 heteroatoms. The topological polar surface area (TPSA) is 64.1 Å². The summed E-state index contributed by atoms with van der Waals surface area (Å²) in [6, 6.07) is 8.01. The molecule has 1 aromatic carbocycles. The van der Waals surface area contributed by atoms with E-state index in [0.29, 0.717) is 5.92 Å². The number of guanidine groups is 1. The average molecular weight is 477 g/mol. The maximum absolute atomic E-state index is 5.77. The summed E-state index contributed by atoms with van der Waals surface area (Å²) in [4.78, 5) is 4.24. The van der Waals surface area contributed by atoms with Crippen molar-refractivity contribution in [1.82, 2.24) is 10.6 Å². The minimum Gasteiger partial charge on any atom is -0.497 e. The molecule has 2 N–H and O–H groups in total. The van der Waals surface area contributed by atoms with Crippen molar-refractivity contribution in [3.63, 3.8) is 0 Å². The van der Waals surface area contributed by atoms with Gasteiger partial charge in [0.2, 0.25) is 0 Å². The molecular weight excluding hydrogens is 445 g/mol. The third-order valence-electron chi connectivity index (χ3n) is 4.29. The van der Waals surface area contributed by atoms with Crippen LogP contribution in [0.15, 0.2) is 29.3 Å². The first-order valence-corrected chi connectivity index (χ1v) is 9.04. The van der Waals surface area contributed by atoms with Gasteiger partial charge in [0.1, 0.15) is 5.75 Å². The zero-order valence-corrected chi connectivity index (χ0v) is 18.2. The molecule has 148 valence electrons. The molecule has 0 unspecified atom stereocenters. The first kappa shape index (κ1) is 23.0. The molecule has 0 aliphatic carbocycles. The lowest BCUT2D eigenvalue weighted by Gasteiger charge is -2.21. The highest BCUT2D eigenvalue weighted by atomic mass is 127. The molecule has 6 nitrogen and oxygen atoms in total. The molecule has 2 rings (SSSR count). The minimum atomic E-state index is 0. The van der Waals surface area contributed by atoms with Crippen LogP contribution in [0.4, 0.5) is 0 Å². The van der Waals surface area contributed by atoms with Crippen LogP contribution in [0.25, 0.3) is 0 Å². The van der Waals surface area contributed by atoms with E-state index in [1.807, 2.05) is 24.3 Å². The number of benzene rings is 1. The number of rotatable bonds is 9. The SMILES string of the molecule is CN=C(NCCCOCC1CCOCC1)NCc1ccc(OC)cc1.I. The predicted molar refractivity (Wildman–Crippen MR) is 116 cm³/mol. The van der Waals surface area contributed by atoms with Gasteiger partial charge >= 0.3 is 0 Å². The van der Waals surface area contributed by atoms with Crippen molar-refractivity contribution in [3.8, 4) is 5.75 Å². The van der Waals surface area contributed by atoms with E-state index in [-0.39, 0.29) is 24.0 Å². The Morgan fingerprint density at radius 1 is 1.19 bits per heavy atom. The Morgan fingerprint density at radius 2 is 1.92 bits per heavy atom. The molecule has 1 saturated heterocycles. The number of halogens is 1. The summed E-state index contributed by atoms with van der Waals surface area (Å²) in [5.41, 5.74) is 1.18. The second-order valence-corrected chi connectivity index (χ2v) is 6.18. The van der Waals surface area contributed by atoms with Crippen molar-refractivity contribution in [3.05, 3.63) is 29.8 Å². The minimum absolute atomic E-state index is 0. The van der Waals surface area contributed by atoms with Crippen LogP contribution in [-0.4, -0.2) is 53.1 Å². The number of hydrogen-bond donors (Lipinski definition) is 2. The molecule has 0 radical (unpaired) electrons. The van der Waals surface area contributed by atoms with E-state index in [4.69, 9.17) is 14.2 Å². The lowest BCUT2D eigenvalue weighted by molar-refractivity contribution is 0.0203. The molecule has 0 atom stereocenters. The Balaban J connectivity index is 0.00000338. The van der Waals surface area contributed by atoms with Gasteiger partial charge in [0.05, 0.1) is 7.11 Å². The smallest absolute Gasteiger partial charge is 0.191 e. The summed E-state index contributed by atoms with van der Waals surface area (Å²) in [7, 11) is 3.46. The first-order valence-electron chi connectivity index (χ1n) is 9.04. The first-order chi connectivity index (χ1) is 12.3. The van der Waals surface area contributed by atoms with Crippen LogP contribution in [0, 0.1) is 5.92 Å². The summed E-state index contributed by atoms with van der Waals surface area (Å²) in [6.45, 7) is 4.96. The molecule has 1 aliphatic rings. The molecule has 0 bridgehead atoms. The van der Waals surface area contributed by atoms with E-state index in [0.717, 1.165) is 70.5 Å². The zero-order chi connectivity index (χ0) is 17.7. The molecule has 1 aromatic rings. The van der Waals surface area contributed by atoms with Gasteiger partial charge in [-0.2, -0.15) is 0 Å². The Kier molecular flexibility index (Phi) is 12.4. The van der Waals surface area contributed by atoms with Crippen LogP contribution in [0.2, 0.25) is 0 Å². The van der Waals surface area contributed by atoms with Gasteiger partial charge in [-0.3, -0.25) is 4.99 Å².